The van der Waals surface area contributed by atoms with Gasteiger partial charge in [0.05, 0.1) is 11.4 Å². The molecule has 1 aromatic heterocycles. The van der Waals surface area contributed by atoms with Crippen LogP contribution in [0, 0.1) is 0 Å². The predicted octanol–water partition coefficient (Wildman–Crippen LogP) is 4.79. The Hall–Kier alpha value is -2.84. The SMILES string of the molecule is CC(C)c1ccccc1-n1c(SCC(=O)NC(=O)NC2CC2)nnc1-c1ccc(Cl)cc1. The second-order valence-corrected chi connectivity index (χ2v) is 9.33. The van der Waals surface area contributed by atoms with E-state index >= 15 is 0 Å². The summed E-state index contributed by atoms with van der Waals surface area (Å²) in [6.45, 7) is 4.26. The number of carbonyl (C=O) groups is 2. The molecule has 0 aliphatic heterocycles. The van der Waals surface area contributed by atoms with Gasteiger partial charge in [0.2, 0.25) is 5.91 Å². The number of para-hydroxylation sites is 1. The second kappa shape index (κ2) is 9.75. The Balaban J connectivity index is 1.63. The maximum Gasteiger partial charge on any atom is 0.321 e. The molecule has 9 heteroatoms. The van der Waals surface area contributed by atoms with Crippen LogP contribution in [0.25, 0.3) is 17.1 Å². The number of halogens is 1. The molecule has 1 saturated carbocycles. The monoisotopic (exact) mass is 469 g/mol. The Kier molecular flexibility index (Phi) is 6.81. The minimum Gasteiger partial charge on any atom is -0.335 e. The lowest BCUT2D eigenvalue weighted by Crippen LogP contribution is -2.41. The van der Waals surface area contributed by atoms with E-state index < -0.39 is 6.03 Å². The van der Waals surface area contributed by atoms with Gasteiger partial charge in [0, 0.05) is 16.6 Å². The Morgan fingerprint density at radius 3 is 2.53 bits per heavy atom. The number of aromatic nitrogens is 3. The van der Waals surface area contributed by atoms with Gasteiger partial charge in [-0.1, -0.05) is 55.4 Å². The van der Waals surface area contributed by atoms with E-state index in [4.69, 9.17) is 11.6 Å². The van der Waals surface area contributed by atoms with E-state index in [0.717, 1.165) is 29.7 Å². The molecule has 1 aliphatic carbocycles. The van der Waals surface area contributed by atoms with Crippen molar-refractivity contribution in [2.45, 2.75) is 43.8 Å². The summed E-state index contributed by atoms with van der Waals surface area (Å²) in [5.74, 6) is 0.594. The lowest BCUT2D eigenvalue weighted by atomic mass is 10.0. The standard InChI is InChI=1S/C23H24ClN5O2S/c1-14(2)18-5-3-4-6-19(18)29-21(15-7-9-16(24)10-8-15)27-28-23(29)32-13-20(30)26-22(31)25-17-11-12-17/h3-10,14,17H,11-13H2,1-2H3,(H2,25,26,30,31). The third-order valence-electron chi connectivity index (χ3n) is 5.03. The molecule has 2 N–H and O–H groups in total. The largest absolute Gasteiger partial charge is 0.335 e. The van der Waals surface area contributed by atoms with Crippen LogP contribution in [0.1, 0.15) is 38.2 Å². The lowest BCUT2D eigenvalue weighted by molar-refractivity contribution is -0.117. The van der Waals surface area contributed by atoms with Crippen LogP contribution in [-0.2, 0) is 4.79 Å². The van der Waals surface area contributed by atoms with Crippen LogP contribution >= 0.6 is 23.4 Å². The minimum atomic E-state index is -0.452. The van der Waals surface area contributed by atoms with Gasteiger partial charge in [-0.05, 0) is 54.7 Å². The number of thioether (sulfide) groups is 1. The van der Waals surface area contributed by atoms with Crippen LogP contribution in [0.15, 0.2) is 53.7 Å². The molecule has 3 amide bonds. The molecule has 4 rings (SSSR count). The summed E-state index contributed by atoms with van der Waals surface area (Å²) >= 11 is 7.30. The highest BCUT2D eigenvalue weighted by Gasteiger charge is 2.24. The molecule has 0 spiro atoms. The van der Waals surface area contributed by atoms with Gasteiger partial charge in [0.25, 0.3) is 0 Å². The summed E-state index contributed by atoms with van der Waals surface area (Å²) < 4.78 is 1.96. The number of hydrogen-bond acceptors (Lipinski definition) is 5. The molecule has 1 aliphatic rings. The highest BCUT2D eigenvalue weighted by atomic mass is 35.5. The third-order valence-corrected chi connectivity index (χ3v) is 6.21. The van der Waals surface area contributed by atoms with Gasteiger partial charge in [-0.15, -0.1) is 10.2 Å². The molecule has 2 aromatic carbocycles. The van der Waals surface area contributed by atoms with E-state index in [1.165, 1.54) is 11.8 Å². The third kappa shape index (κ3) is 5.31. The van der Waals surface area contributed by atoms with Gasteiger partial charge in [0.1, 0.15) is 0 Å². The number of rotatable bonds is 7. The first-order valence-corrected chi connectivity index (χ1v) is 11.8. The Morgan fingerprint density at radius 1 is 1.12 bits per heavy atom. The first-order valence-electron chi connectivity index (χ1n) is 10.5. The molecule has 0 radical (unpaired) electrons. The predicted molar refractivity (Wildman–Crippen MR) is 126 cm³/mol. The zero-order chi connectivity index (χ0) is 22.7. The maximum absolute atomic E-state index is 12.3. The van der Waals surface area contributed by atoms with Crippen LogP contribution in [0.4, 0.5) is 4.79 Å². The van der Waals surface area contributed by atoms with Crippen molar-refractivity contribution in [3.63, 3.8) is 0 Å². The number of carbonyl (C=O) groups excluding carboxylic acids is 2. The maximum atomic E-state index is 12.3. The molecule has 0 saturated heterocycles. The molecule has 7 nitrogen and oxygen atoms in total. The summed E-state index contributed by atoms with van der Waals surface area (Å²) in [5.41, 5.74) is 2.95. The first-order chi connectivity index (χ1) is 15.4. The molecule has 3 aromatic rings. The van der Waals surface area contributed by atoms with E-state index in [0.29, 0.717) is 16.0 Å². The summed E-state index contributed by atoms with van der Waals surface area (Å²) in [4.78, 5) is 24.1. The topological polar surface area (TPSA) is 88.9 Å². The van der Waals surface area contributed by atoms with Crippen molar-refractivity contribution in [3.05, 3.63) is 59.1 Å². The fraction of sp³-hybridized carbons (Fsp3) is 0.304. The Labute approximate surface area is 196 Å². The Morgan fingerprint density at radius 2 is 1.84 bits per heavy atom. The summed E-state index contributed by atoms with van der Waals surface area (Å²) in [7, 11) is 0. The summed E-state index contributed by atoms with van der Waals surface area (Å²) in [5, 5.41) is 15.1. The highest BCUT2D eigenvalue weighted by molar-refractivity contribution is 7.99. The summed E-state index contributed by atoms with van der Waals surface area (Å²) in [6, 6.07) is 15.2. The van der Waals surface area contributed by atoms with Crippen LogP contribution in [-0.4, -0.2) is 38.5 Å². The molecular formula is C23H24ClN5O2S. The van der Waals surface area contributed by atoms with Crippen LogP contribution in [0.5, 0.6) is 0 Å². The van der Waals surface area contributed by atoms with Crippen LogP contribution in [0.3, 0.4) is 0 Å². The minimum absolute atomic E-state index is 0.0423. The Bertz CT molecular complexity index is 1130. The van der Waals surface area contributed by atoms with E-state index in [2.05, 4.69) is 40.7 Å². The van der Waals surface area contributed by atoms with Gasteiger partial charge in [-0.25, -0.2) is 4.79 Å². The van der Waals surface area contributed by atoms with Crippen molar-refractivity contribution in [1.82, 2.24) is 25.4 Å². The normalized spacial score (nSPS) is 13.2. The van der Waals surface area contributed by atoms with Gasteiger partial charge in [-0.3, -0.25) is 14.7 Å². The van der Waals surface area contributed by atoms with Crippen molar-refractivity contribution >= 4 is 35.3 Å². The average Bonchev–Trinajstić information content (AvgIpc) is 3.48. The molecule has 0 unspecified atom stereocenters. The molecular weight excluding hydrogens is 446 g/mol. The van der Waals surface area contributed by atoms with Crippen molar-refractivity contribution in [2.75, 3.05) is 5.75 Å². The number of nitrogens with zero attached hydrogens (tertiary/aromatic N) is 3. The van der Waals surface area contributed by atoms with E-state index in [1.54, 1.807) is 0 Å². The first kappa shape index (κ1) is 22.4. The van der Waals surface area contributed by atoms with Gasteiger partial charge in [-0.2, -0.15) is 0 Å². The molecule has 166 valence electrons. The molecule has 1 heterocycles. The zero-order valence-corrected chi connectivity index (χ0v) is 19.4. The molecule has 1 fully saturated rings. The average molecular weight is 470 g/mol. The van der Waals surface area contributed by atoms with E-state index in [9.17, 15) is 9.59 Å². The second-order valence-electron chi connectivity index (χ2n) is 7.95. The van der Waals surface area contributed by atoms with E-state index in [-0.39, 0.29) is 23.6 Å². The molecule has 0 bridgehead atoms. The van der Waals surface area contributed by atoms with Crippen molar-refractivity contribution < 1.29 is 9.59 Å². The zero-order valence-electron chi connectivity index (χ0n) is 17.8. The molecule has 0 atom stereocenters. The molecule has 32 heavy (non-hydrogen) atoms. The number of nitrogens with one attached hydrogen (secondary N) is 2. The quantitative estimate of drug-likeness (QED) is 0.485. The number of imide groups is 1. The number of hydrogen-bond donors (Lipinski definition) is 2. The smallest absolute Gasteiger partial charge is 0.321 e. The van der Waals surface area contributed by atoms with Gasteiger partial charge < -0.3 is 5.32 Å². The van der Waals surface area contributed by atoms with Gasteiger partial charge in [0.15, 0.2) is 11.0 Å². The highest BCUT2D eigenvalue weighted by Crippen LogP contribution is 2.32. The number of amides is 3. The fourth-order valence-electron chi connectivity index (χ4n) is 3.29. The van der Waals surface area contributed by atoms with Crippen LogP contribution in [0.2, 0.25) is 5.02 Å². The van der Waals surface area contributed by atoms with Crippen LogP contribution < -0.4 is 10.6 Å². The fourth-order valence-corrected chi connectivity index (χ4v) is 4.16. The number of benzene rings is 2. The van der Waals surface area contributed by atoms with Crippen molar-refractivity contribution in [3.8, 4) is 17.1 Å². The summed E-state index contributed by atoms with van der Waals surface area (Å²) in [6.07, 6.45) is 1.92. The van der Waals surface area contributed by atoms with Crippen molar-refractivity contribution in [1.29, 1.82) is 0 Å². The van der Waals surface area contributed by atoms with Crippen molar-refractivity contribution in [2.24, 2.45) is 0 Å². The lowest BCUT2D eigenvalue weighted by Gasteiger charge is -2.17. The van der Waals surface area contributed by atoms with E-state index in [1.807, 2.05) is 47.0 Å². The number of urea groups is 1. The van der Waals surface area contributed by atoms with Gasteiger partial charge >= 0.3 is 6.03 Å².